The fourth-order valence-electron chi connectivity index (χ4n) is 1.20. The molecule has 0 saturated heterocycles. The first-order chi connectivity index (χ1) is 7.45. The second kappa shape index (κ2) is 4.57. The maximum atomic E-state index is 12.0. The molecule has 6 heteroatoms. The van der Waals surface area contributed by atoms with Crippen LogP contribution in [-0.4, -0.2) is 17.7 Å². The summed E-state index contributed by atoms with van der Waals surface area (Å²) in [5, 5.41) is 17.4. The molecule has 0 heterocycles. The van der Waals surface area contributed by atoms with Gasteiger partial charge in [0.1, 0.15) is 11.8 Å². The van der Waals surface area contributed by atoms with E-state index in [1.165, 1.54) is 13.0 Å². The number of carboxylic acid groups (broad SMARTS) is 1. The molecule has 16 heavy (non-hydrogen) atoms. The second-order valence-corrected chi connectivity index (χ2v) is 2.96. The van der Waals surface area contributed by atoms with E-state index in [2.05, 4.69) is 4.74 Å². The Morgan fingerprint density at radius 3 is 2.62 bits per heavy atom. The predicted molar refractivity (Wildman–Crippen MR) is 49.5 cm³/mol. The monoisotopic (exact) mass is 227 g/mol. The van der Waals surface area contributed by atoms with Crippen molar-refractivity contribution >= 4 is 5.97 Å². The number of halogens is 2. The van der Waals surface area contributed by atoms with Crippen molar-refractivity contribution in [3.05, 3.63) is 28.8 Å². The van der Waals surface area contributed by atoms with Crippen LogP contribution in [0.2, 0.25) is 0 Å². The van der Waals surface area contributed by atoms with E-state index >= 15 is 0 Å². The van der Waals surface area contributed by atoms with Crippen molar-refractivity contribution in [2.75, 3.05) is 0 Å². The zero-order valence-electron chi connectivity index (χ0n) is 8.20. The number of hydrogen-bond donors (Lipinski definition) is 1. The number of nitrogens with zero attached hydrogens (tertiary/aromatic N) is 1. The number of carboxylic acids is 1. The van der Waals surface area contributed by atoms with Crippen LogP contribution >= 0.6 is 0 Å². The highest BCUT2D eigenvalue weighted by Gasteiger charge is 2.15. The standard InChI is InChI=1S/C10H7F2NO3/c1-5-2-6(4-13)8(16-10(11)12)3-7(5)9(14)15/h2-3,10H,1H3,(H,14,15). The lowest BCUT2D eigenvalue weighted by Crippen LogP contribution is -2.07. The molecule has 0 saturated carbocycles. The van der Waals surface area contributed by atoms with Crippen LogP contribution in [0.25, 0.3) is 0 Å². The van der Waals surface area contributed by atoms with E-state index < -0.39 is 18.3 Å². The second-order valence-electron chi connectivity index (χ2n) is 2.96. The molecule has 1 N–H and O–H groups in total. The van der Waals surface area contributed by atoms with Crippen LogP contribution in [0.15, 0.2) is 12.1 Å². The van der Waals surface area contributed by atoms with Gasteiger partial charge in [0, 0.05) is 0 Å². The van der Waals surface area contributed by atoms with Crippen molar-refractivity contribution in [1.82, 2.24) is 0 Å². The van der Waals surface area contributed by atoms with Gasteiger partial charge < -0.3 is 9.84 Å². The summed E-state index contributed by atoms with van der Waals surface area (Å²) in [5.41, 5.74) is 0.0168. The lowest BCUT2D eigenvalue weighted by molar-refractivity contribution is -0.0501. The highest BCUT2D eigenvalue weighted by Crippen LogP contribution is 2.24. The maximum Gasteiger partial charge on any atom is 0.387 e. The van der Waals surface area contributed by atoms with Crippen molar-refractivity contribution in [1.29, 1.82) is 5.26 Å². The topological polar surface area (TPSA) is 70.3 Å². The predicted octanol–water partition coefficient (Wildman–Crippen LogP) is 2.17. The highest BCUT2D eigenvalue weighted by atomic mass is 19.3. The quantitative estimate of drug-likeness (QED) is 0.858. The first kappa shape index (κ1) is 11.9. The van der Waals surface area contributed by atoms with Gasteiger partial charge in [0.2, 0.25) is 0 Å². The summed E-state index contributed by atoms with van der Waals surface area (Å²) in [6.07, 6.45) is 0. The molecule has 0 aliphatic heterocycles. The molecule has 0 atom stereocenters. The first-order valence-electron chi connectivity index (χ1n) is 4.18. The fraction of sp³-hybridized carbons (Fsp3) is 0.200. The van der Waals surface area contributed by atoms with Gasteiger partial charge in [-0.2, -0.15) is 14.0 Å². The molecule has 0 bridgehead atoms. The van der Waals surface area contributed by atoms with E-state index in [0.29, 0.717) is 5.56 Å². The van der Waals surface area contributed by atoms with Gasteiger partial charge in [-0.25, -0.2) is 4.79 Å². The van der Waals surface area contributed by atoms with E-state index in [1.807, 2.05) is 0 Å². The number of hydrogen-bond acceptors (Lipinski definition) is 3. The van der Waals surface area contributed by atoms with Crippen LogP contribution < -0.4 is 4.74 Å². The number of ether oxygens (including phenoxy) is 1. The number of nitriles is 1. The molecule has 0 aromatic heterocycles. The Balaban J connectivity index is 3.30. The minimum absolute atomic E-state index is 0.122. The van der Waals surface area contributed by atoms with E-state index in [-0.39, 0.29) is 11.1 Å². The molecule has 1 aromatic carbocycles. The Labute approximate surface area is 89.7 Å². The summed E-state index contributed by atoms with van der Waals surface area (Å²) < 4.78 is 28.0. The van der Waals surface area contributed by atoms with Gasteiger partial charge in [0.15, 0.2) is 0 Å². The van der Waals surface area contributed by atoms with E-state index in [4.69, 9.17) is 10.4 Å². The minimum Gasteiger partial charge on any atom is -0.478 e. The molecule has 1 rings (SSSR count). The number of aromatic carboxylic acids is 1. The summed E-state index contributed by atoms with van der Waals surface area (Å²) >= 11 is 0. The SMILES string of the molecule is Cc1cc(C#N)c(OC(F)F)cc1C(=O)O. The van der Waals surface area contributed by atoms with Crippen LogP contribution in [0, 0.1) is 18.3 Å². The molecule has 84 valence electrons. The smallest absolute Gasteiger partial charge is 0.387 e. The van der Waals surface area contributed by atoms with E-state index in [9.17, 15) is 13.6 Å². The number of carbonyl (C=O) groups is 1. The van der Waals surface area contributed by atoms with Gasteiger partial charge in [0.25, 0.3) is 0 Å². The Kier molecular flexibility index (Phi) is 3.40. The summed E-state index contributed by atoms with van der Waals surface area (Å²) in [5.74, 6) is -1.69. The summed E-state index contributed by atoms with van der Waals surface area (Å²) in [7, 11) is 0. The average Bonchev–Trinajstić information content (AvgIpc) is 2.18. The van der Waals surface area contributed by atoms with Crippen LogP contribution in [0.4, 0.5) is 8.78 Å². The summed E-state index contributed by atoms with van der Waals surface area (Å²) in [4.78, 5) is 10.7. The molecular weight excluding hydrogens is 220 g/mol. The van der Waals surface area contributed by atoms with Gasteiger partial charge in [-0.05, 0) is 24.6 Å². The number of alkyl halides is 2. The Bertz CT molecular complexity index is 466. The van der Waals surface area contributed by atoms with Gasteiger partial charge in [-0.1, -0.05) is 0 Å². The van der Waals surface area contributed by atoms with Crippen LogP contribution in [0.1, 0.15) is 21.5 Å². The van der Waals surface area contributed by atoms with Crippen molar-refractivity contribution < 1.29 is 23.4 Å². The molecule has 0 spiro atoms. The Morgan fingerprint density at radius 2 is 2.19 bits per heavy atom. The lowest BCUT2D eigenvalue weighted by atomic mass is 10.0. The highest BCUT2D eigenvalue weighted by molar-refractivity contribution is 5.90. The van der Waals surface area contributed by atoms with Crippen molar-refractivity contribution in [3.63, 3.8) is 0 Å². The van der Waals surface area contributed by atoms with Crippen molar-refractivity contribution in [3.8, 4) is 11.8 Å². The minimum atomic E-state index is -3.10. The molecule has 4 nitrogen and oxygen atoms in total. The zero-order chi connectivity index (χ0) is 12.3. The molecule has 1 aromatic rings. The Hall–Kier alpha value is -2.16. The fourth-order valence-corrected chi connectivity index (χ4v) is 1.20. The maximum absolute atomic E-state index is 12.0. The molecule has 0 aliphatic rings. The average molecular weight is 227 g/mol. The number of benzene rings is 1. The van der Waals surface area contributed by atoms with Gasteiger partial charge in [-0.3, -0.25) is 0 Å². The summed E-state index contributed by atoms with van der Waals surface area (Å²) in [6, 6.07) is 3.77. The molecule has 0 amide bonds. The van der Waals surface area contributed by atoms with Crippen LogP contribution in [-0.2, 0) is 0 Å². The van der Waals surface area contributed by atoms with Gasteiger partial charge in [-0.15, -0.1) is 0 Å². The van der Waals surface area contributed by atoms with E-state index in [1.54, 1.807) is 6.07 Å². The third-order valence-corrected chi connectivity index (χ3v) is 1.89. The first-order valence-corrected chi connectivity index (χ1v) is 4.18. The zero-order valence-corrected chi connectivity index (χ0v) is 8.20. The molecule has 0 unspecified atom stereocenters. The Morgan fingerprint density at radius 1 is 1.56 bits per heavy atom. The number of aryl methyl sites for hydroxylation is 1. The molecular formula is C10H7F2NO3. The third-order valence-electron chi connectivity index (χ3n) is 1.89. The third kappa shape index (κ3) is 2.45. The van der Waals surface area contributed by atoms with Gasteiger partial charge in [0.05, 0.1) is 11.1 Å². The molecule has 0 fully saturated rings. The van der Waals surface area contributed by atoms with Crippen molar-refractivity contribution in [2.24, 2.45) is 0 Å². The van der Waals surface area contributed by atoms with Gasteiger partial charge >= 0.3 is 12.6 Å². The van der Waals surface area contributed by atoms with E-state index in [0.717, 1.165) is 6.07 Å². The number of rotatable bonds is 3. The van der Waals surface area contributed by atoms with Crippen LogP contribution in [0.3, 0.4) is 0 Å². The molecule has 0 radical (unpaired) electrons. The normalized spacial score (nSPS) is 9.94. The largest absolute Gasteiger partial charge is 0.478 e. The lowest BCUT2D eigenvalue weighted by Gasteiger charge is -2.09. The molecule has 0 aliphatic carbocycles. The summed E-state index contributed by atoms with van der Waals surface area (Å²) in [6.45, 7) is -1.63. The van der Waals surface area contributed by atoms with Crippen molar-refractivity contribution in [2.45, 2.75) is 13.5 Å². The van der Waals surface area contributed by atoms with Crippen LogP contribution in [0.5, 0.6) is 5.75 Å².